The van der Waals surface area contributed by atoms with Gasteiger partial charge in [0.1, 0.15) is 25.4 Å². The van der Waals surface area contributed by atoms with Gasteiger partial charge in [-0.05, 0) is 6.92 Å². The van der Waals surface area contributed by atoms with Gasteiger partial charge in [0.25, 0.3) is 0 Å². The Labute approximate surface area is 112 Å². The predicted octanol–water partition coefficient (Wildman–Crippen LogP) is -0.644. The Morgan fingerprint density at radius 1 is 1.37 bits per heavy atom. The van der Waals surface area contributed by atoms with Crippen LogP contribution in [0.25, 0.3) is 0 Å². The Hall–Kier alpha value is -1.89. The zero-order valence-corrected chi connectivity index (χ0v) is 11.3. The first-order valence-corrected chi connectivity index (χ1v) is 6.13. The van der Waals surface area contributed by atoms with Gasteiger partial charge in [0.15, 0.2) is 6.67 Å². The van der Waals surface area contributed by atoms with Crippen molar-refractivity contribution in [3.05, 3.63) is 18.7 Å². The Balaban J connectivity index is 2.14. The summed E-state index contributed by atoms with van der Waals surface area (Å²) in [6.07, 6.45) is 5.22. The Morgan fingerprint density at radius 3 is 2.79 bits per heavy atom. The zero-order valence-electron chi connectivity index (χ0n) is 11.3. The van der Waals surface area contributed by atoms with Gasteiger partial charge >= 0.3 is 5.97 Å². The Kier molecular flexibility index (Phi) is 6.59. The highest BCUT2D eigenvalue weighted by atomic mass is 16.6. The highest BCUT2D eigenvalue weighted by Crippen LogP contribution is 1.89. The van der Waals surface area contributed by atoms with Crippen LogP contribution >= 0.6 is 0 Å². The number of carbonyl (C=O) groups excluding carboxylic acids is 2. The molecule has 1 amide bonds. The topological polar surface area (TPSA) is 73.4 Å². The molecule has 1 aromatic rings. The van der Waals surface area contributed by atoms with Crippen LogP contribution in [0.1, 0.15) is 13.3 Å². The molecule has 0 aromatic carbocycles. The van der Waals surface area contributed by atoms with Crippen molar-refractivity contribution in [2.75, 3.05) is 19.8 Å². The van der Waals surface area contributed by atoms with E-state index in [1.54, 1.807) is 4.57 Å². The van der Waals surface area contributed by atoms with E-state index in [1.807, 2.05) is 37.3 Å². The van der Waals surface area contributed by atoms with Gasteiger partial charge in [-0.25, -0.2) is 9.13 Å². The van der Waals surface area contributed by atoms with Crippen LogP contribution in [0, 0.1) is 0 Å². The van der Waals surface area contributed by atoms with Crippen LogP contribution in [0.2, 0.25) is 0 Å². The van der Waals surface area contributed by atoms with Crippen molar-refractivity contribution in [2.45, 2.75) is 20.0 Å². The molecule has 0 aliphatic rings. The lowest BCUT2D eigenvalue weighted by molar-refractivity contribution is -0.671. The van der Waals surface area contributed by atoms with E-state index in [0.717, 1.165) is 0 Å². The van der Waals surface area contributed by atoms with Gasteiger partial charge in [0, 0.05) is 6.61 Å². The predicted molar refractivity (Wildman–Crippen MR) is 65.8 cm³/mol. The molecule has 0 unspecified atom stereocenters. The molecule has 0 atom stereocenters. The quantitative estimate of drug-likeness (QED) is 0.295. The van der Waals surface area contributed by atoms with Crippen molar-refractivity contribution >= 4 is 11.9 Å². The molecular weight excluding hydrogens is 250 g/mol. The van der Waals surface area contributed by atoms with Crippen molar-refractivity contribution in [1.29, 1.82) is 0 Å². The van der Waals surface area contributed by atoms with E-state index in [9.17, 15) is 9.59 Å². The number of aryl methyl sites for hydroxylation is 1. The number of ether oxygens (including phenoxy) is 2. The molecule has 0 spiro atoms. The largest absolute Gasteiger partial charge is 0.463 e. The monoisotopic (exact) mass is 270 g/mol. The molecule has 1 N–H and O–H groups in total. The van der Waals surface area contributed by atoms with Gasteiger partial charge in [-0.15, -0.1) is 0 Å². The number of amides is 1. The molecule has 0 saturated carbocycles. The number of carbonyl (C=O) groups is 2. The van der Waals surface area contributed by atoms with Crippen molar-refractivity contribution < 1.29 is 23.6 Å². The fourth-order valence-corrected chi connectivity index (χ4v) is 1.38. The Bertz CT molecular complexity index is 417. The molecule has 0 fully saturated rings. The number of hydrogen-bond acceptors (Lipinski definition) is 4. The summed E-state index contributed by atoms with van der Waals surface area (Å²) in [5.74, 6) is -0.909. The van der Waals surface area contributed by atoms with Gasteiger partial charge < -0.3 is 14.8 Å². The number of nitrogens with zero attached hydrogens (tertiary/aromatic N) is 2. The van der Waals surface area contributed by atoms with E-state index in [-0.39, 0.29) is 18.9 Å². The second kappa shape index (κ2) is 8.25. The number of hydrogen-bond donors (Lipinski definition) is 1. The molecule has 1 heterocycles. The molecule has 0 saturated heterocycles. The molecule has 1 aromatic heterocycles. The first-order chi connectivity index (χ1) is 9.11. The molecule has 1 rings (SSSR count). The first-order valence-electron chi connectivity index (χ1n) is 6.13. The third-order valence-corrected chi connectivity index (χ3v) is 2.28. The van der Waals surface area contributed by atoms with E-state index >= 15 is 0 Å². The Morgan fingerprint density at radius 2 is 2.16 bits per heavy atom. The average Bonchev–Trinajstić information content (AvgIpc) is 2.78. The minimum Gasteiger partial charge on any atom is -0.463 e. The molecule has 0 aliphatic heterocycles. The van der Waals surface area contributed by atoms with E-state index in [2.05, 4.69) is 5.32 Å². The third-order valence-electron chi connectivity index (χ3n) is 2.28. The van der Waals surface area contributed by atoms with Crippen LogP contribution in [-0.2, 0) is 32.8 Å². The SMILES string of the molecule is CCOCCOC(=O)CC(=O)NCn1cc[n+](C)c1. The number of esters is 1. The molecular formula is C12H20N3O4+. The smallest absolute Gasteiger partial charge is 0.315 e. The van der Waals surface area contributed by atoms with Crippen molar-refractivity contribution in [1.82, 2.24) is 9.88 Å². The number of aromatic nitrogens is 2. The lowest BCUT2D eigenvalue weighted by Crippen LogP contribution is -2.30. The summed E-state index contributed by atoms with van der Waals surface area (Å²) in [4.78, 5) is 22.7. The summed E-state index contributed by atoms with van der Waals surface area (Å²) >= 11 is 0. The fourth-order valence-electron chi connectivity index (χ4n) is 1.38. The van der Waals surface area contributed by atoms with E-state index in [0.29, 0.717) is 19.9 Å². The highest BCUT2D eigenvalue weighted by Gasteiger charge is 2.11. The van der Waals surface area contributed by atoms with E-state index in [4.69, 9.17) is 9.47 Å². The molecule has 0 radical (unpaired) electrons. The fraction of sp³-hybridized carbons (Fsp3) is 0.583. The lowest BCUT2D eigenvalue weighted by atomic mass is 10.4. The molecule has 19 heavy (non-hydrogen) atoms. The summed E-state index contributed by atoms with van der Waals surface area (Å²) in [6.45, 7) is 3.28. The molecule has 0 bridgehead atoms. The van der Waals surface area contributed by atoms with E-state index < -0.39 is 5.97 Å². The average molecular weight is 270 g/mol. The summed E-state index contributed by atoms with van der Waals surface area (Å²) < 4.78 is 13.5. The highest BCUT2D eigenvalue weighted by molar-refractivity contribution is 5.94. The van der Waals surface area contributed by atoms with E-state index in [1.165, 1.54) is 0 Å². The first kappa shape index (κ1) is 15.2. The second-order valence-electron chi connectivity index (χ2n) is 3.95. The van der Waals surface area contributed by atoms with Crippen LogP contribution in [0.15, 0.2) is 18.7 Å². The van der Waals surface area contributed by atoms with Gasteiger partial charge in [-0.2, -0.15) is 0 Å². The molecule has 7 nitrogen and oxygen atoms in total. The van der Waals surface area contributed by atoms with Gasteiger partial charge in [0.05, 0.1) is 13.7 Å². The maximum absolute atomic E-state index is 11.5. The summed E-state index contributed by atoms with van der Waals surface area (Å²) in [7, 11) is 1.88. The number of imidazole rings is 1. The number of rotatable bonds is 8. The summed E-state index contributed by atoms with van der Waals surface area (Å²) in [5, 5.41) is 2.62. The molecule has 0 aliphatic carbocycles. The minimum absolute atomic E-state index is 0.174. The maximum Gasteiger partial charge on any atom is 0.315 e. The van der Waals surface area contributed by atoms with Crippen LogP contribution in [0.3, 0.4) is 0 Å². The van der Waals surface area contributed by atoms with Crippen molar-refractivity contribution in [3.8, 4) is 0 Å². The van der Waals surface area contributed by atoms with Gasteiger partial charge in [-0.3, -0.25) is 9.59 Å². The zero-order chi connectivity index (χ0) is 14.1. The molecule has 7 heteroatoms. The second-order valence-corrected chi connectivity index (χ2v) is 3.95. The summed E-state index contributed by atoms with van der Waals surface area (Å²) in [5.41, 5.74) is 0. The van der Waals surface area contributed by atoms with Crippen LogP contribution in [-0.4, -0.2) is 36.3 Å². The number of nitrogens with one attached hydrogen (secondary N) is 1. The minimum atomic E-state index is -0.546. The van der Waals surface area contributed by atoms with Crippen molar-refractivity contribution in [2.24, 2.45) is 7.05 Å². The van der Waals surface area contributed by atoms with Crippen molar-refractivity contribution in [3.63, 3.8) is 0 Å². The van der Waals surface area contributed by atoms with Gasteiger partial charge in [0.2, 0.25) is 12.2 Å². The van der Waals surface area contributed by atoms with Crippen LogP contribution in [0.4, 0.5) is 0 Å². The standard InChI is InChI=1S/C12H19N3O4/c1-3-18-6-7-19-12(17)8-11(16)13-9-15-5-4-14(2)10-15/h4-5,10H,3,6-9H2,1-2H3/p+1. The maximum atomic E-state index is 11.5. The van der Waals surface area contributed by atoms with Crippen LogP contribution in [0.5, 0.6) is 0 Å². The summed E-state index contributed by atoms with van der Waals surface area (Å²) in [6, 6.07) is 0. The van der Waals surface area contributed by atoms with Crippen LogP contribution < -0.4 is 9.88 Å². The van der Waals surface area contributed by atoms with Gasteiger partial charge in [-0.1, -0.05) is 0 Å². The molecule has 106 valence electrons. The third kappa shape index (κ3) is 6.56. The lowest BCUT2D eigenvalue weighted by Gasteiger charge is -2.05. The normalized spacial score (nSPS) is 10.2.